The topological polar surface area (TPSA) is 12.0 Å². The van der Waals surface area contributed by atoms with Crippen molar-refractivity contribution in [2.24, 2.45) is 11.3 Å². The molecular weight excluding hydrogens is 191 g/mol. The molecule has 0 bridgehead atoms. The van der Waals surface area contributed by atoms with Crippen LogP contribution in [-0.2, 0) is 0 Å². The van der Waals surface area contributed by atoms with E-state index in [2.05, 4.69) is 5.32 Å². The Hall–Kier alpha value is -0.670. The minimum atomic E-state index is -4.22. The van der Waals surface area contributed by atoms with Gasteiger partial charge in [0.05, 0.1) is 0 Å². The summed E-state index contributed by atoms with van der Waals surface area (Å²) < 4.78 is 36.7. The predicted octanol–water partition coefficient (Wildman–Crippen LogP) is 3.09. The van der Waals surface area contributed by atoms with Crippen LogP contribution in [0.1, 0.15) is 27.2 Å². The molecule has 1 rings (SSSR count). The molecule has 0 spiro atoms. The lowest BCUT2D eigenvalue weighted by Crippen LogP contribution is -2.38. The molecule has 0 aromatic carbocycles. The molecule has 0 fully saturated rings. The first-order chi connectivity index (χ1) is 6.21. The molecule has 1 N–H and O–H groups in total. The zero-order valence-electron chi connectivity index (χ0n) is 8.70. The van der Waals surface area contributed by atoms with Crippen LogP contribution < -0.4 is 5.32 Å². The highest BCUT2D eigenvalue weighted by atomic mass is 19.4. The maximum Gasteiger partial charge on any atom is 0.430 e. The van der Waals surface area contributed by atoms with E-state index in [0.29, 0.717) is 13.0 Å². The van der Waals surface area contributed by atoms with E-state index in [0.717, 1.165) is 0 Å². The third-order valence-electron chi connectivity index (χ3n) is 2.68. The maximum absolute atomic E-state index is 12.2. The zero-order chi connectivity index (χ0) is 11.0. The van der Waals surface area contributed by atoms with Gasteiger partial charge in [-0.15, -0.1) is 0 Å². The van der Waals surface area contributed by atoms with Crippen LogP contribution in [0, 0.1) is 11.3 Å². The Balaban J connectivity index is 2.65. The fourth-order valence-electron chi connectivity index (χ4n) is 1.52. The molecule has 1 nitrogen and oxygen atoms in total. The smallest absolute Gasteiger partial charge is 0.381 e. The number of hydrogen-bond acceptors (Lipinski definition) is 1. The number of allylic oxidation sites excluding steroid dienone is 2. The molecule has 1 aliphatic heterocycles. The van der Waals surface area contributed by atoms with E-state index in [4.69, 9.17) is 0 Å². The number of hydrogen-bond donors (Lipinski definition) is 1. The lowest BCUT2D eigenvalue weighted by Gasteiger charge is -2.34. The van der Waals surface area contributed by atoms with E-state index in [-0.39, 0.29) is 11.3 Å². The number of rotatable bonds is 0. The van der Waals surface area contributed by atoms with Crippen molar-refractivity contribution in [2.45, 2.75) is 33.4 Å². The van der Waals surface area contributed by atoms with Gasteiger partial charge in [-0.25, -0.2) is 0 Å². The summed E-state index contributed by atoms with van der Waals surface area (Å²) in [7, 11) is 0. The van der Waals surface area contributed by atoms with Gasteiger partial charge in [0.25, 0.3) is 0 Å². The Morgan fingerprint density at radius 3 is 2.14 bits per heavy atom. The Kier molecular flexibility index (Phi) is 2.83. The Bertz CT molecular complexity index is 235. The molecule has 0 aromatic rings. The molecular formula is C10H16F3N. The Morgan fingerprint density at radius 1 is 1.29 bits per heavy atom. The summed E-state index contributed by atoms with van der Waals surface area (Å²) in [6.07, 6.45) is -2.45. The molecule has 4 heteroatoms. The van der Waals surface area contributed by atoms with Crippen LogP contribution in [0.3, 0.4) is 0 Å². The van der Waals surface area contributed by atoms with Crippen LogP contribution >= 0.6 is 0 Å². The van der Waals surface area contributed by atoms with Crippen molar-refractivity contribution in [3.8, 4) is 0 Å². The molecule has 0 saturated heterocycles. The van der Waals surface area contributed by atoms with Crippen molar-refractivity contribution in [3.05, 3.63) is 11.8 Å². The van der Waals surface area contributed by atoms with Crippen LogP contribution in [0.2, 0.25) is 0 Å². The molecule has 0 saturated carbocycles. The highest BCUT2D eigenvalue weighted by Gasteiger charge is 2.37. The number of halogens is 3. The average molecular weight is 207 g/mol. The fourth-order valence-corrected chi connectivity index (χ4v) is 1.52. The summed E-state index contributed by atoms with van der Waals surface area (Å²) in [6, 6.07) is 0. The molecule has 0 radical (unpaired) electrons. The number of nitrogens with one attached hydrogen (secondary N) is 1. The summed E-state index contributed by atoms with van der Waals surface area (Å²) >= 11 is 0. The van der Waals surface area contributed by atoms with Crippen molar-refractivity contribution in [3.63, 3.8) is 0 Å². The van der Waals surface area contributed by atoms with Crippen LogP contribution in [0.25, 0.3) is 0 Å². The highest BCUT2D eigenvalue weighted by molar-refractivity contribution is 5.11. The van der Waals surface area contributed by atoms with Gasteiger partial charge in [0, 0.05) is 6.54 Å². The fraction of sp³-hybridized carbons (Fsp3) is 0.800. The van der Waals surface area contributed by atoms with Crippen molar-refractivity contribution in [1.29, 1.82) is 0 Å². The van der Waals surface area contributed by atoms with E-state index in [1.165, 1.54) is 6.08 Å². The van der Waals surface area contributed by atoms with Gasteiger partial charge in [-0.1, -0.05) is 26.8 Å². The second-order valence-corrected chi connectivity index (χ2v) is 4.80. The lowest BCUT2D eigenvalue weighted by molar-refractivity contribution is -0.0988. The van der Waals surface area contributed by atoms with Gasteiger partial charge in [0.15, 0.2) is 0 Å². The zero-order valence-corrected chi connectivity index (χ0v) is 8.70. The first kappa shape index (κ1) is 11.4. The molecule has 14 heavy (non-hydrogen) atoms. The SMILES string of the molecule is CC(C)(C)C1CC=C(C(F)(F)F)NC1. The minimum absolute atomic E-state index is 0.0562. The van der Waals surface area contributed by atoms with Crippen LogP contribution in [0.15, 0.2) is 11.8 Å². The molecule has 82 valence electrons. The normalized spacial score (nSPS) is 24.1. The van der Waals surface area contributed by atoms with E-state index < -0.39 is 11.9 Å². The number of alkyl halides is 3. The predicted molar refractivity (Wildman–Crippen MR) is 49.7 cm³/mol. The average Bonchev–Trinajstić information content (AvgIpc) is 2.01. The quantitative estimate of drug-likeness (QED) is 0.643. The van der Waals surface area contributed by atoms with Gasteiger partial charge in [-0.2, -0.15) is 13.2 Å². The largest absolute Gasteiger partial charge is 0.430 e. The Morgan fingerprint density at radius 2 is 1.86 bits per heavy atom. The lowest BCUT2D eigenvalue weighted by atomic mass is 9.77. The molecule has 0 amide bonds. The highest BCUT2D eigenvalue weighted by Crippen LogP contribution is 2.34. The Labute approximate surface area is 82.4 Å². The molecule has 0 aliphatic carbocycles. The maximum atomic E-state index is 12.2. The molecule has 0 aromatic heterocycles. The monoisotopic (exact) mass is 207 g/mol. The molecule has 1 aliphatic rings. The third kappa shape index (κ3) is 2.66. The van der Waals surface area contributed by atoms with E-state index in [1.54, 1.807) is 0 Å². The van der Waals surface area contributed by atoms with Gasteiger partial charge in [-0.3, -0.25) is 0 Å². The van der Waals surface area contributed by atoms with Crippen LogP contribution in [-0.4, -0.2) is 12.7 Å². The van der Waals surface area contributed by atoms with Gasteiger partial charge in [-0.05, 0) is 17.8 Å². The second kappa shape index (κ2) is 3.48. The van der Waals surface area contributed by atoms with Crippen LogP contribution in [0.4, 0.5) is 13.2 Å². The molecule has 1 atom stereocenters. The van der Waals surface area contributed by atoms with Crippen molar-refractivity contribution < 1.29 is 13.2 Å². The van der Waals surface area contributed by atoms with Gasteiger partial charge in [0.1, 0.15) is 5.70 Å². The van der Waals surface area contributed by atoms with E-state index >= 15 is 0 Å². The van der Waals surface area contributed by atoms with Crippen molar-refractivity contribution in [2.75, 3.05) is 6.54 Å². The molecule has 1 unspecified atom stereocenters. The van der Waals surface area contributed by atoms with Crippen molar-refractivity contribution in [1.82, 2.24) is 5.32 Å². The minimum Gasteiger partial charge on any atom is -0.381 e. The van der Waals surface area contributed by atoms with Crippen LogP contribution in [0.5, 0.6) is 0 Å². The summed E-state index contributed by atoms with van der Waals surface area (Å²) in [5.41, 5.74) is -0.529. The van der Waals surface area contributed by atoms with E-state index in [1.807, 2.05) is 20.8 Å². The third-order valence-corrected chi connectivity index (χ3v) is 2.68. The summed E-state index contributed by atoms with van der Waals surface area (Å²) in [6.45, 7) is 6.55. The van der Waals surface area contributed by atoms with Crippen molar-refractivity contribution >= 4 is 0 Å². The standard InChI is InChI=1S/C10H16F3N/c1-9(2,3)7-4-5-8(14-6-7)10(11,12)13/h5,7,14H,4,6H2,1-3H3. The first-order valence-electron chi connectivity index (χ1n) is 4.72. The summed E-state index contributed by atoms with van der Waals surface area (Å²) in [5, 5.41) is 2.45. The summed E-state index contributed by atoms with van der Waals surface area (Å²) in [4.78, 5) is 0. The first-order valence-corrected chi connectivity index (χ1v) is 4.72. The van der Waals surface area contributed by atoms with Gasteiger partial charge < -0.3 is 5.32 Å². The second-order valence-electron chi connectivity index (χ2n) is 4.80. The molecule has 1 heterocycles. The summed E-state index contributed by atoms with van der Waals surface area (Å²) in [5.74, 6) is 0.272. The van der Waals surface area contributed by atoms with E-state index in [9.17, 15) is 13.2 Å². The van der Waals surface area contributed by atoms with Gasteiger partial charge in [0.2, 0.25) is 0 Å². The van der Waals surface area contributed by atoms with Gasteiger partial charge >= 0.3 is 6.18 Å².